The second-order valence-electron chi connectivity index (χ2n) is 5.92. The van der Waals surface area contributed by atoms with Crippen LogP contribution in [-0.4, -0.2) is 11.0 Å². The summed E-state index contributed by atoms with van der Waals surface area (Å²) in [5, 5.41) is 4.76. The minimum atomic E-state index is 0.170. The predicted molar refractivity (Wildman–Crippen MR) is 76.8 cm³/mol. The average Bonchev–Trinajstić information content (AvgIpc) is 2.58. The van der Waals surface area contributed by atoms with Gasteiger partial charge in [0.2, 0.25) is 0 Å². The summed E-state index contributed by atoms with van der Waals surface area (Å²) in [5.41, 5.74) is 1.47. The van der Waals surface area contributed by atoms with E-state index in [1.807, 2.05) is 11.3 Å². The van der Waals surface area contributed by atoms with E-state index in [0.717, 1.165) is 13.0 Å². The van der Waals surface area contributed by atoms with Gasteiger partial charge in [0.1, 0.15) is 0 Å². The van der Waals surface area contributed by atoms with Gasteiger partial charge in [0.15, 0.2) is 0 Å². The summed E-state index contributed by atoms with van der Waals surface area (Å²) < 4.78 is 0. The second kappa shape index (κ2) is 5.96. The molecule has 2 nitrogen and oxygen atoms in total. The zero-order valence-corrected chi connectivity index (χ0v) is 12.9. The van der Waals surface area contributed by atoms with E-state index in [0.29, 0.717) is 6.04 Å². The third-order valence-electron chi connectivity index (χ3n) is 2.58. The quantitative estimate of drug-likeness (QED) is 0.862. The molecule has 3 heteroatoms. The third kappa shape index (κ3) is 4.40. The topological polar surface area (TPSA) is 24.9 Å². The average molecular weight is 254 g/mol. The molecular formula is C14H26N2S. The first kappa shape index (κ1) is 14.7. The maximum absolute atomic E-state index is 4.83. The van der Waals surface area contributed by atoms with Crippen molar-refractivity contribution in [2.24, 2.45) is 0 Å². The number of hydrogen-bond acceptors (Lipinski definition) is 3. The molecule has 1 aromatic heterocycles. The lowest BCUT2D eigenvalue weighted by Crippen LogP contribution is -2.21. The number of hydrogen-bond donors (Lipinski definition) is 1. The Balaban J connectivity index is 2.89. The van der Waals surface area contributed by atoms with E-state index >= 15 is 0 Å². The molecular weight excluding hydrogens is 228 g/mol. The van der Waals surface area contributed by atoms with Crippen LogP contribution in [0.1, 0.15) is 63.5 Å². The molecule has 1 N–H and O–H groups in total. The van der Waals surface area contributed by atoms with Crippen LogP contribution in [0.15, 0.2) is 0 Å². The summed E-state index contributed by atoms with van der Waals surface area (Å²) in [7, 11) is 0. The Morgan fingerprint density at radius 2 is 1.94 bits per heavy atom. The van der Waals surface area contributed by atoms with Crippen molar-refractivity contribution >= 4 is 11.3 Å². The van der Waals surface area contributed by atoms with Gasteiger partial charge in [0, 0.05) is 22.9 Å². The zero-order chi connectivity index (χ0) is 13.1. The summed E-state index contributed by atoms with van der Waals surface area (Å²) in [4.78, 5) is 6.25. The van der Waals surface area contributed by atoms with E-state index < -0.39 is 0 Å². The molecule has 0 unspecified atom stereocenters. The maximum Gasteiger partial charge on any atom is 0.0985 e. The number of rotatable bonds is 5. The number of aryl methyl sites for hydroxylation is 1. The normalized spacial score (nSPS) is 12.4. The van der Waals surface area contributed by atoms with Crippen molar-refractivity contribution in [3.05, 3.63) is 15.6 Å². The Labute approximate surface area is 110 Å². The van der Waals surface area contributed by atoms with Gasteiger partial charge in [-0.15, -0.1) is 11.3 Å². The fourth-order valence-electron chi connectivity index (χ4n) is 1.57. The molecule has 98 valence electrons. The van der Waals surface area contributed by atoms with Crippen LogP contribution in [0.2, 0.25) is 0 Å². The minimum Gasteiger partial charge on any atom is -0.310 e. The number of nitrogens with one attached hydrogen (secondary N) is 1. The van der Waals surface area contributed by atoms with Crippen molar-refractivity contribution in [3.8, 4) is 0 Å². The number of nitrogens with zero attached hydrogens (tertiary/aromatic N) is 1. The largest absolute Gasteiger partial charge is 0.310 e. The molecule has 0 aliphatic carbocycles. The Bertz CT molecular complexity index is 348. The van der Waals surface area contributed by atoms with E-state index in [1.165, 1.54) is 22.0 Å². The number of aromatic nitrogens is 1. The summed E-state index contributed by atoms with van der Waals surface area (Å²) in [5.74, 6) is 0. The Kier molecular flexibility index (Phi) is 5.14. The molecule has 0 bridgehead atoms. The Morgan fingerprint density at radius 3 is 2.41 bits per heavy atom. The maximum atomic E-state index is 4.83. The van der Waals surface area contributed by atoms with Crippen LogP contribution >= 0.6 is 11.3 Å². The van der Waals surface area contributed by atoms with Crippen molar-refractivity contribution in [1.29, 1.82) is 0 Å². The molecule has 0 spiro atoms. The molecule has 17 heavy (non-hydrogen) atoms. The zero-order valence-electron chi connectivity index (χ0n) is 12.1. The van der Waals surface area contributed by atoms with Crippen LogP contribution in [0.5, 0.6) is 0 Å². The van der Waals surface area contributed by atoms with E-state index in [2.05, 4.69) is 46.9 Å². The Hall–Kier alpha value is -0.410. The lowest BCUT2D eigenvalue weighted by atomic mass is 9.98. The molecule has 0 fully saturated rings. The molecule has 0 aliphatic rings. The van der Waals surface area contributed by atoms with Gasteiger partial charge in [-0.05, 0) is 6.42 Å². The van der Waals surface area contributed by atoms with Gasteiger partial charge in [-0.3, -0.25) is 0 Å². The smallest absolute Gasteiger partial charge is 0.0985 e. The highest BCUT2D eigenvalue weighted by molar-refractivity contribution is 7.11. The van der Waals surface area contributed by atoms with Gasteiger partial charge in [-0.2, -0.15) is 0 Å². The van der Waals surface area contributed by atoms with Crippen LogP contribution in [0.4, 0.5) is 0 Å². The summed E-state index contributed by atoms with van der Waals surface area (Å²) in [6.45, 7) is 14.3. The van der Waals surface area contributed by atoms with E-state index in [4.69, 9.17) is 4.98 Å². The first-order chi connectivity index (χ1) is 7.84. The fourth-order valence-corrected chi connectivity index (χ4v) is 2.69. The van der Waals surface area contributed by atoms with Gasteiger partial charge in [0.25, 0.3) is 0 Å². The van der Waals surface area contributed by atoms with Gasteiger partial charge in [0.05, 0.1) is 10.7 Å². The first-order valence-electron chi connectivity index (χ1n) is 6.57. The SMILES string of the molecule is CCCc1nc(C(C)(C)C)sc1CNC(C)C. The van der Waals surface area contributed by atoms with Gasteiger partial charge >= 0.3 is 0 Å². The van der Waals surface area contributed by atoms with Crippen molar-refractivity contribution in [1.82, 2.24) is 10.3 Å². The standard InChI is InChI=1S/C14H26N2S/c1-7-8-11-12(9-15-10(2)3)17-13(16-11)14(4,5)6/h10,15H,7-9H2,1-6H3. The summed E-state index contributed by atoms with van der Waals surface area (Å²) >= 11 is 1.87. The second-order valence-corrected chi connectivity index (χ2v) is 7.01. The van der Waals surface area contributed by atoms with E-state index in [-0.39, 0.29) is 5.41 Å². The van der Waals surface area contributed by atoms with Gasteiger partial charge < -0.3 is 5.32 Å². The monoisotopic (exact) mass is 254 g/mol. The summed E-state index contributed by atoms with van der Waals surface area (Å²) in [6.07, 6.45) is 2.27. The molecule has 0 amide bonds. The molecule has 0 atom stereocenters. The van der Waals surface area contributed by atoms with Crippen molar-refractivity contribution < 1.29 is 0 Å². The minimum absolute atomic E-state index is 0.170. The molecule has 1 aromatic rings. The lowest BCUT2D eigenvalue weighted by molar-refractivity contribution is 0.580. The lowest BCUT2D eigenvalue weighted by Gasteiger charge is -2.13. The first-order valence-corrected chi connectivity index (χ1v) is 7.38. The van der Waals surface area contributed by atoms with Crippen LogP contribution in [0.3, 0.4) is 0 Å². The van der Waals surface area contributed by atoms with Crippen LogP contribution in [-0.2, 0) is 18.4 Å². The fraction of sp³-hybridized carbons (Fsp3) is 0.786. The third-order valence-corrected chi connectivity index (χ3v) is 4.10. The predicted octanol–water partition coefficient (Wildman–Crippen LogP) is 3.89. The summed E-state index contributed by atoms with van der Waals surface area (Å²) in [6, 6.07) is 0.532. The molecule has 0 radical (unpaired) electrons. The molecule has 0 saturated carbocycles. The van der Waals surface area contributed by atoms with Crippen molar-refractivity contribution in [2.75, 3.05) is 0 Å². The van der Waals surface area contributed by atoms with Gasteiger partial charge in [-0.1, -0.05) is 48.0 Å². The molecule has 0 aliphatic heterocycles. The van der Waals surface area contributed by atoms with Crippen molar-refractivity contribution in [3.63, 3.8) is 0 Å². The van der Waals surface area contributed by atoms with E-state index in [9.17, 15) is 0 Å². The molecule has 1 heterocycles. The van der Waals surface area contributed by atoms with Crippen LogP contribution < -0.4 is 5.32 Å². The molecule has 1 rings (SSSR count). The highest BCUT2D eigenvalue weighted by atomic mass is 32.1. The van der Waals surface area contributed by atoms with Crippen LogP contribution in [0, 0.1) is 0 Å². The molecule has 0 aromatic carbocycles. The highest BCUT2D eigenvalue weighted by Gasteiger charge is 2.21. The van der Waals surface area contributed by atoms with E-state index in [1.54, 1.807) is 0 Å². The number of thiazole rings is 1. The highest BCUT2D eigenvalue weighted by Crippen LogP contribution is 2.30. The van der Waals surface area contributed by atoms with Crippen molar-refractivity contribution in [2.45, 2.75) is 72.4 Å². The van der Waals surface area contributed by atoms with Crippen LogP contribution in [0.25, 0.3) is 0 Å². The Morgan fingerprint density at radius 1 is 1.29 bits per heavy atom. The van der Waals surface area contributed by atoms with Gasteiger partial charge in [-0.25, -0.2) is 4.98 Å². The molecule has 0 saturated heterocycles.